The number of Topliss-reactive ketones (excluding diaryl/α,β-unsaturated/α-hetero) is 1. The number of ether oxygens (including phenoxy) is 1. The van der Waals surface area contributed by atoms with E-state index in [1.807, 2.05) is 31.2 Å². The van der Waals surface area contributed by atoms with Crippen LogP contribution in [0.1, 0.15) is 21.1 Å². The second-order valence-corrected chi connectivity index (χ2v) is 6.04. The summed E-state index contributed by atoms with van der Waals surface area (Å²) in [5.41, 5.74) is 1.59. The van der Waals surface area contributed by atoms with Gasteiger partial charge in [0.15, 0.2) is 5.78 Å². The van der Waals surface area contributed by atoms with Gasteiger partial charge in [-0.15, -0.1) is 11.3 Å². The maximum atomic E-state index is 12.4. The van der Waals surface area contributed by atoms with Crippen LogP contribution in [0.2, 0.25) is 0 Å². The van der Waals surface area contributed by atoms with E-state index in [1.165, 1.54) is 11.3 Å². The highest BCUT2D eigenvalue weighted by atomic mass is 32.1. The smallest absolute Gasteiger partial charge is 0.196 e. The van der Waals surface area contributed by atoms with Crippen molar-refractivity contribution in [2.45, 2.75) is 6.92 Å². The zero-order chi connectivity index (χ0) is 16.9. The molecule has 3 rings (SSSR count). The summed E-state index contributed by atoms with van der Waals surface area (Å²) in [5.74, 6) is 1.30. The van der Waals surface area contributed by atoms with Crippen LogP contribution in [0.25, 0.3) is 10.6 Å². The number of furan rings is 1. The normalized spacial score (nSPS) is 11.1. The fraction of sp³-hybridized carbons (Fsp3) is 0.167. The number of aromatic nitrogens is 1. The number of benzene rings is 1. The highest BCUT2D eigenvalue weighted by Gasteiger charge is 2.17. The molecule has 24 heavy (non-hydrogen) atoms. The van der Waals surface area contributed by atoms with E-state index in [0.29, 0.717) is 16.3 Å². The molecule has 0 amide bonds. The van der Waals surface area contributed by atoms with Crippen LogP contribution in [-0.4, -0.2) is 30.6 Å². The third-order valence-corrected chi connectivity index (χ3v) is 4.62. The van der Waals surface area contributed by atoms with Crippen molar-refractivity contribution in [3.63, 3.8) is 0 Å². The Morgan fingerprint density at radius 3 is 2.92 bits per heavy atom. The monoisotopic (exact) mass is 340 g/mol. The summed E-state index contributed by atoms with van der Waals surface area (Å²) in [6.07, 6.45) is 3.12. The summed E-state index contributed by atoms with van der Waals surface area (Å²) < 4.78 is 10.5. The van der Waals surface area contributed by atoms with E-state index >= 15 is 0 Å². The third kappa shape index (κ3) is 3.44. The molecule has 0 fully saturated rings. The van der Waals surface area contributed by atoms with Crippen molar-refractivity contribution in [2.24, 2.45) is 4.99 Å². The van der Waals surface area contributed by atoms with Crippen molar-refractivity contribution in [3.8, 4) is 16.3 Å². The largest absolute Gasteiger partial charge is 0.496 e. The number of methoxy groups -OCH3 is 1. The van der Waals surface area contributed by atoms with E-state index in [1.54, 1.807) is 31.7 Å². The summed E-state index contributed by atoms with van der Waals surface area (Å²) in [6, 6.07) is 11.2. The molecule has 0 atom stereocenters. The number of aryl methyl sites for hydroxylation is 1. The molecule has 0 unspecified atom stereocenters. The van der Waals surface area contributed by atoms with E-state index in [9.17, 15) is 4.79 Å². The van der Waals surface area contributed by atoms with Gasteiger partial charge < -0.3 is 9.15 Å². The molecule has 0 bridgehead atoms. The lowest BCUT2D eigenvalue weighted by Gasteiger charge is -2.04. The van der Waals surface area contributed by atoms with E-state index in [-0.39, 0.29) is 12.3 Å². The molecular formula is C18H16N2O3S. The molecule has 0 spiro atoms. The number of carbonyl (C=O) groups is 1. The van der Waals surface area contributed by atoms with Crippen LogP contribution >= 0.6 is 11.3 Å². The first-order valence-electron chi connectivity index (χ1n) is 7.36. The first-order chi connectivity index (χ1) is 11.7. The van der Waals surface area contributed by atoms with Gasteiger partial charge in [-0.3, -0.25) is 9.79 Å². The quantitative estimate of drug-likeness (QED) is 0.502. The Kier molecular flexibility index (Phi) is 4.86. The lowest BCUT2D eigenvalue weighted by atomic mass is 10.2. The van der Waals surface area contributed by atoms with Crippen LogP contribution < -0.4 is 4.74 Å². The van der Waals surface area contributed by atoms with Crippen molar-refractivity contribution < 1.29 is 13.9 Å². The fourth-order valence-electron chi connectivity index (χ4n) is 2.25. The molecule has 1 aromatic carbocycles. The molecule has 6 heteroatoms. The van der Waals surface area contributed by atoms with Crippen molar-refractivity contribution in [1.82, 2.24) is 4.98 Å². The van der Waals surface area contributed by atoms with Gasteiger partial charge in [-0.2, -0.15) is 0 Å². The van der Waals surface area contributed by atoms with E-state index in [2.05, 4.69) is 9.98 Å². The van der Waals surface area contributed by atoms with Crippen LogP contribution in [0, 0.1) is 6.92 Å². The molecule has 0 aliphatic carbocycles. The molecule has 0 saturated carbocycles. The highest BCUT2D eigenvalue weighted by Crippen LogP contribution is 2.34. The van der Waals surface area contributed by atoms with E-state index in [4.69, 9.17) is 9.15 Å². The molecular weight excluding hydrogens is 324 g/mol. The van der Waals surface area contributed by atoms with Crippen molar-refractivity contribution in [3.05, 3.63) is 59.0 Å². The number of nitrogens with zero attached hydrogens (tertiary/aromatic N) is 2. The highest BCUT2D eigenvalue weighted by molar-refractivity contribution is 7.17. The van der Waals surface area contributed by atoms with Crippen LogP contribution in [0.5, 0.6) is 5.75 Å². The number of rotatable bonds is 6. The van der Waals surface area contributed by atoms with Crippen molar-refractivity contribution >= 4 is 23.3 Å². The van der Waals surface area contributed by atoms with Gasteiger partial charge in [-0.05, 0) is 31.2 Å². The van der Waals surface area contributed by atoms with Gasteiger partial charge in [-0.1, -0.05) is 12.1 Å². The maximum absolute atomic E-state index is 12.4. The first kappa shape index (κ1) is 16.1. The number of carbonyl (C=O) groups excluding carboxylic acids is 1. The zero-order valence-electron chi connectivity index (χ0n) is 13.4. The molecule has 0 radical (unpaired) electrons. The van der Waals surface area contributed by atoms with Crippen molar-refractivity contribution in [1.29, 1.82) is 0 Å². The number of hydrogen-bond acceptors (Lipinski definition) is 6. The predicted molar refractivity (Wildman–Crippen MR) is 94.3 cm³/mol. The van der Waals surface area contributed by atoms with Gasteiger partial charge in [-0.25, -0.2) is 4.98 Å². The molecule has 5 nitrogen and oxygen atoms in total. The third-order valence-electron chi connectivity index (χ3n) is 3.38. The Labute approximate surface area is 143 Å². The zero-order valence-corrected chi connectivity index (χ0v) is 14.2. The molecule has 122 valence electrons. The van der Waals surface area contributed by atoms with Gasteiger partial charge in [0.25, 0.3) is 0 Å². The Bertz CT molecular complexity index is 866. The number of thiazole rings is 1. The average molecular weight is 340 g/mol. The molecule has 0 N–H and O–H groups in total. The molecule has 0 aliphatic rings. The van der Waals surface area contributed by atoms with Gasteiger partial charge >= 0.3 is 0 Å². The second kappa shape index (κ2) is 7.23. The fourth-order valence-corrected chi connectivity index (χ4v) is 3.27. The Hall–Kier alpha value is -2.73. The van der Waals surface area contributed by atoms with Gasteiger partial charge in [0.05, 0.1) is 35.7 Å². The SMILES string of the molecule is COc1ccccc1-c1nc(C)c(C(=O)CN=Cc2ccco2)s1. The lowest BCUT2D eigenvalue weighted by Crippen LogP contribution is -2.03. The van der Waals surface area contributed by atoms with E-state index < -0.39 is 0 Å². The summed E-state index contributed by atoms with van der Waals surface area (Å²) in [5, 5.41) is 0.767. The summed E-state index contributed by atoms with van der Waals surface area (Å²) in [7, 11) is 1.62. The second-order valence-electron chi connectivity index (χ2n) is 5.04. The molecule has 2 heterocycles. The molecule has 0 aliphatic heterocycles. The first-order valence-corrected chi connectivity index (χ1v) is 8.18. The number of ketones is 1. The van der Waals surface area contributed by atoms with Crippen LogP contribution in [0.15, 0.2) is 52.1 Å². The Morgan fingerprint density at radius 2 is 2.17 bits per heavy atom. The Balaban J connectivity index is 1.79. The minimum absolute atomic E-state index is 0.0612. The topological polar surface area (TPSA) is 64.7 Å². The van der Waals surface area contributed by atoms with Crippen molar-refractivity contribution in [2.75, 3.05) is 13.7 Å². The standard InChI is InChI=1S/C18H16N2O3S/c1-12-17(15(21)11-19-10-13-6-5-9-23-13)24-18(20-12)14-7-3-4-8-16(14)22-2/h3-10H,11H2,1-2H3. The minimum Gasteiger partial charge on any atom is -0.496 e. The maximum Gasteiger partial charge on any atom is 0.196 e. The number of para-hydroxylation sites is 1. The lowest BCUT2D eigenvalue weighted by molar-refractivity contribution is 0.100. The van der Waals surface area contributed by atoms with E-state index in [0.717, 1.165) is 16.3 Å². The summed E-state index contributed by atoms with van der Waals surface area (Å²) in [6.45, 7) is 1.90. The van der Waals surface area contributed by atoms with Gasteiger partial charge in [0, 0.05) is 0 Å². The van der Waals surface area contributed by atoms with Gasteiger partial charge in [0.2, 0.25) is 0 Å². The summed E-state index contributed by atoms with van der Waals surface area (Å²) >= 11 is 1.36. The van der Waals surface area contributed by atoms with Crippen LogP contribution in [-0.2, 0) is 0 Å². The number of aliphatic imine (C=N–C) groups is 1. The predicted octanol–water partition coefficient (Wildman–Crippen LogP) is 4.02. The summed E-state index contributed by atoms with van der Waals surface area (Å²) in [4.78, 5) is 21.7. The van der Waals surface area contributed by atoms with Crippen LogP contribution in [0.3, 0.4) is 0 Å². The molecule has 3 aromatic rings. The Morgan fingerprint density at radius 1 is 1.33 bits per heavy atom. The van der Waals surface area contributed by atoms with Gasteiger partial charge in [0.1, 0.15) is 23.1 Å². The minimum atomic E-state index is -0.0612. The number of hydrogen-bond donors (Lipinski definition) is 0. The molecule has 2 aromatic heterocycles. The average Bonchev–Trinajstić information content (AvgIpc) is 3.24. The molecule has 0 saturated heterocycles. The van der Waals surface area contributed by atoms with Crippen LogP contribution in [0.4, 0.5) is 0 Å².